The van der Waals surface area contributed by atoms with Crippen LogP contribution in [-0.4, -0.2) is 10.9 Å². The van der Waals surface area contributed by atoms with Crippen molar-refractivity contribution in [1.82, 2.24) is 4.98 Å². The number of carbonyl (C=O) groups excluding carboxylic acids is 1. The van der Waals surface area contributed by atoms with Gasteiger partial charge in [-0.05, 0) is 31.2 Å². The first-order valence-corrected chi connectivity index (χ1v) is 6.02. The van der Waals surface area contributed by atoms with Crippen LogP contribution in [0.3, 0.4) is 0 Å². The molecule has 0 atom stereocenters. The Morgan fingerprint density at radius 3 is 2.80 bits per heavy atom. The van der Waals surface area contributed by atoms with E-state index in [-0.39, 0.29) is 27.5 Å². The predicted molar refractivity (Wildman–Crippen MR) is 73.1 cm³/mol. The number of benzene rings is 1. The fraction of sp³-hybridized carbons (Fsp3) is 0.0714. The monoisotopic (exact) mass is 289 g/mol. The first-order valence-electron chi connectivity index (χ1n) is 5.64. The Kier molecular flexibility index (Phi) is 3.97. The molecule has 0 unspecified atom stereocenters. The molecule has 0 fully saturated rings. The maximum Gasteiger partial charge on any atom is 0.257 e. The van der Waals surface area contributed by atoms with Crippen LogP contribution in [0.4, 0.5) is 10.1 Å². The van der Waals surface area contributed by atoms with E-state index < -0.39 is 11.7 Å². The molecule has 0 aliphatic heterocycles. The molecule has 6 heteroatoms. The molecule has 1 heterocycles. The van der Waals surface area contributed by atoms with E-state index in [1.807, 2.05) is 6.07 Å². The molecule has 0 spiro atoms. The molecule has 100 valence electrons. The Morgan fingerprint density at radius 1 is 1.45 bits per heavy atom. The summed E-state index contributed by atoms with van der Waals surface area (Å²) in [4.78, 5) is 15.8. The standard InChI is InChI=1S/C14H9ClFN3O/c1-8-11(16)4-9(6-17)5-12(8)19-14(20)10-2-3-13(15)18-7-10/h2-5,7H,1H3,(H,19,20). The smallest absolute Gasteiger partial charge is 0.257 e. The molecule has 1 amide bonds. The van der Waals surface area contributed by atoms with Gasteiger partial charge in [0.05, 0.1) is 17.2 Å². The van der Waals surface area contributed by atoms with Gasteiger partial charge in [0.2, 0.25) is 0 Å². The molecule has 2 rings (SSSR count). The number of nitriles is 1. The zero-order chi connectivity index (χ0) is 14.7. The van der Waals surface area contributed by atoms with Crippen LogP contribution < -0.4 is 5.32 Å². The Bertz CT molecular complexity index is 708. The van der Waals surface area contributed by atoms with Crippen molar-refractivity contribution in [3.8, 4) is 6.07 Å². The van der Waals surface area contributed by atoms with Gasteiger partial charge in [0, 0.05) is 17.4 Å². The molecule has 1 aromatic heterocycles. The van der Waals surface area contributed by atoms with Gasteiger partial charge in [-0.1, -0.05) is 11.6 Å². The zero-order valence-corrected chi connectivity index (χ0v) is 11.2. The first-order chi connectivity index (χ1) is 9.51. The summed E-state index contributed by atoms with van der Waals surface area (Å²) in [5, 5.41) is 11.6. The van der Waals surface area contributed by atoms with Crippen molar-refractivity contribution < 1.29 is 9.18 Å². The second-order valence-electron chi connectivity index (χ2n) is 4.07. The number of anilines is 1. The van der Waals surface area contributed by atoms with Crippen molar-refractivity contribution in [1.29, 1.82) is 5.26 Å². The fourth-order valence-corrected chi connectivity index (χ4v) is 1.69. The summed E-state index contributed by atoms with van der Waals surface area (Å²) in [6.45, 7) is 1.52. The van der Waals surface area contributed by atoms with Crippen LogP contribution in [0.1, 0.15) is 21.5 Å². The van der Waals surface area contributed by atoms with Gasteiger partial charge in [-0.15, -0.1) is 0 Å². The molecular weight excluding hydrogens is 281 g/mol. The lowest BCUT2D eigenvalue weighted by molar-refractivity contribution is 0.102. The van der Waals surface area contributed by atoms with Crippen molar-refractivity contribution >= 4 is 23.2 Å². The highest BCUT2D eigenvalue weighted by molar-refractivity contribution is 6.29. The Balaban J connectivity index is 2.30. The van der Waals surface area contributed by atoms with Gasteiger partial charge in [0.25, 0.3) is 5.91 Å². The molecule has 0 saturated carbocycles. The second-order valence-corrected chi connectivity index (χ2v) is 4.45. The highest BCUT2D eigenvalue weighted by atomic mass is 35.5. The highest BCUT2D eigenvalue weighted by Gasteiger charge is 2.12. The largest absolute Gasteiger partial charge is 0.322 e. The van der Waals surface area contributed by atoms with Crippen LogP contribution in [0, 0.1) is 24.1 Å². The molecular formula is C14H9ClFN3O. The molecule has 0 aliphatic carbocycles. The van der Waals surface area contributed by atoms with Gasteiger partial charge < -0.3 is 5.32 Å². The summed E-state index contributed by atoms with van der Waals surface area (Å²) in [7, 11) is 0. The van der Waals surface area contributed by atoms with Crippen molar-refractivity contribution in [2.45, 2.75) is 6.92 Å². The molecule has 0 saturated heterocycles. The molecule has 0 radical (unpaired) electrons. The van der Waals surface area contributed by atoms with E-state index in [2.05, 4.69) is 10.3 Å². The predicted octanol–water partition coefficient (Wildman–Crippen LogP) is 3.31. The van der Waals surface area contributed by atoms with Crippen molar-refractivity contribution in [3.05, 3.63) is 58.1 Å². The minimum Gasteiger partial charge on any atom is -0.322 e. The molecule has 4 nitrogen and oxygen atoms in total. The third kappa shape index (κ3) is 2.92. The molecule has 20 heavy (non-hydrogen) atoms. The minimum absolute atomic E-state index is 0.137. The lowest BCUT2D eigenvalue weighted by Crippen LogP contribution is -2.13. The molecule has 1 aromatic carbocycles. The van der Waals surface area contributed by atoms with Crippen molar-refractivity contribution in [2.75, 3.05) is 5.32 Å². The first kappa shape index (κ1) is 14.0. The summed E-state index contributed by atoms with van der Waals surface area (Å²) in [5.41, 5.74) is 0.940. The van der Waals surface area contributed by atoms with Gasteiger partial charge in [0.1, 0.15) is 11.0 Å². The van der Waals surface area contributed by atoms with Gasteiger partial charge in [0.15, 0.2) is 0 Å². The molecule has 2 aromatic rings. The number of amides is 1. The number of halogens is 2. The van der Waals surface area contributed by atoms with Crippen LogP contribution >= 0.6 is 11.6 Å². The number of nitrogens with one attached hydrogen (secondary N) is 1. The quantitative estimate of drug-likeness (QED) is 0.863. The summed E-state index contributed by atoms with van der Waals surface area (Å²) in [6.07, 6.45) is 1.32. The van der Waals surface area contributed by atoms with E-state index in [0.717, 1.165) is 6.07 Å². The third-order valence-corrected chi connectivity index (χ3v) is 2.93. The number of nitrogens with zero attached hydrogens (tertiary/aromatic N) is 2. The topological polar surface area (TPSA) is 65.8 Å². The maximum absolute atomic E-state index is 13.6. The van der Waals surface area contributed by atoms with Gasteiger partial charge in [-0.2, -0.15) is 5.26 Å². The third-order valence-electron chi connectivity index (χ3n) is 2.71. The van der Waals surface area contributed by atoms with Crippen molar-refractivity contribution in [2.24, 2.45) is 0 Å². The number of pyridine rings is 1. The molecule has 0 aliphatic rings. The molecule has 0 bridgehead atoms. The van der Waals surface area contributed by atoms with E-state index in [1.165, 1.54) is 31.3 Å². The Hall–Kier alpha value is -2.45. The highest BCUT2D eigenvalue weighted by Crippen LogP contribution is 2.21. The number of hydrogen-bond donors (Lipinski definition) is 1. The van der Waals surface area contributed by atoms with Crippen LogP contribution in [0.25, 0.3) is 0 Å². The van der Waals surface area contributed by atoms with E-state index in [1.54, 1.807) is 0 Å². The van der Waals surface area contributed by atoms with E-state index in [4.69, 9.17) is 16.9 Å². The van der Waals surface area contributed by atoms with Gasteiger partial charge >= 0.3 is 0 Å². The van der Waals surface area contributed by atoms with E-state index >= 15 is 0 Å². The molecule has 1 N–H and O–H groups in total. The maximum atomic E-state index is 13.6. The SMILES string of the molecule is Cc1c(F)cc(C#N)cc1NC(=O)c1ccc(Cl)nc1. The number of rotatable bonds is 2. The van der Waals surface area contributed by atoms with Crippen LogP contribution in [0.2, 0.25) is 5.15 Å². The zero-order valence-electron chi connectivity index (χ0n) is 10.4. The minimum atomic E-state index is -0.548. The second kappa shape index (κ2) is 5.68. The lowest BCUT2D eigenvalue weighted by Gasteiger charge is -2.09. The van der Waals surface area contributed by atoms with Crippen LogP contribution in [-0.2, 0) is 0 Å². The summed E-state index contributed by atoms with van der Waals surface area (Å²) < 4.78 is 13.6. The Labute approximate surface area is 119 Å². The van der Waals surface area contributed by atoms with E-state index in [0.29, 0.717) is 0 Å². The fourth-order valence-electron chi connectivity index (χ4n) is 1.58. The average Bonchev–Trinajstić information content (AvgIpc) is 2.44. The van der Waals surface area contributed by atoms with Gasteiger partial charge in [-0.3, -0.25) is 4.79 Å². The summed E-state index contributed by atoms with van der Waals surface area (Å²) in [6, 6.07) is 7.36. The number of carbonyl (C=O) groups is 1. The summed E-state index contributed by atoms with van der Waals surface area (Å²) in [5.74, 6) is -1.000. The van der Waals surface area contributed by atoms with Crippen LogP contribution in [0.15, 0.2) is 30.5 Å². The number of hydrogen-bond acceptors (Lipinski definition) is 3. The van der Waals surface area contributed by atoms with Crippen LogP contribution in [0.5, 0.6) is 0 Å². The lowest BCUT2D eigenvalue weighted by atomic mass is 10.1. The summed E-state index contributed by atoms with van der Waals surface area (Å²) >= 11 is 5.63. The van der Waals surface area contributed by atoms with Gasteiger partial charge in [-0.25, -0.2) is 9.37 Å². The van der Waals surface area contributed by atoms with E-state index in [9.17, 15) is 9.18 Å². The normalized spacial score (nSPS) is 9.90. The van der Waals surface area contributed by atoms with Crippen molar-refractivity contribution in [3.63, 3.8) is 0 Å². The Morgan fingerprint density at radius 2 is 2.20 bits per heavy atom. The number of aromatic nitrogens is 1. The average molecular weight is 290 g/mol.